The van der Waals surface area contributed by atoms with Crippen LogP contribution in [0.25, 0.3) is 0 Å². The largest absolute Gasteiger partial charge is 0.465 e. The first-order chi connectivity index (χ1) is 6.60. The van der Waals surface area contributed by atoms with E-state index >= 15 is 0 Å². The Morgan fingerprint density at radius 2 is 2.29 bits per heavy atom. The van der Waals surface area contributed by atoms with Crippen LogP contribution in [0.15, 0.2) is 12.1 Å². The summed E-state index contributed by atoms with van der Waals surface area (Å²) in [6.45, 7) is 0. The lowest BCUT2D eigenvalue weighted by atomic mass is 10.2. The molecule has 0 aliphatic heterocycles. The van der Waals surface area contributed by atoms with Crippen LogP contribution in [0, 0.1) is 3.57 Å². The van der Waals surface area contributed by atoms with Crippen LogP contribution in [-0.4, -0.2) is 13.1 Å². The molecule has 0 heterocycles. The van der Waals surface area contributed by atoms with Gasteiger partial charge in [-0.05, 0) is 34.7 Å². The molecule has 1 aromatic carbocycles. The number of nitrogens with one attached hydrogen (secondary N) is 1. The Labute approximate surface area is 99.9 Å². The molecule has 0 spiro atoms. The zero-order valence-corrected chi connectivity index (χ0v) is 10.2. The molecular formula is C8H8ClIN2O2. The molecule has 1 aromatic rings. The van der Waals surface area contributed by atoms with Gasteiger partial charge in [0, 0.05) is 3.57 Å². The van der Waals surface area contributed by atoms with Gasteiger partial charge in [-0.3, -0.25) is 5.84 Å². The highest BCUT2D eigenvalue weighted by atomic mass is 127. The number of hydrogen-bond donors (Lipinski definition) is 2. The van der Waals surface area contributed by atoms with Crippen LogP contribution in [0.5, 0.6) is 0 Å². The van der Waals surface area contributed by atoms with E-state index in [4.69, 9.17) is 17.4 Å². The normalized spacial score (nSPS) is 9.71. The summed E-state index contributed by atoms with van der Waals surface area (Å²) in [6, 6.07) is 3.19. The van der Waals surface area contributed by atoms with Crippen molar-refractivity contribution >= 4 is 45.8 Å². The average molecular weight is 327 g/mol. The maximum Gasteiger partial charge on any atom is 0.339 e. The van der Waals surface area contributed by atoms with E-state index in [1.807, 2.05) is 22.6 Å². The molecule has 0 aliphatic rings. The Morgan fingerprint density at radius 1 is 1.64 bits per heavy atom. The third-order valence-corrected chi connectivity index (χ3v) is 2.82. The second kappa shape index (κ2) is 4.81. The molecule has 6 heteroatoms. The van der Waals surface area contributed by atoms with Gasteiger partial charge in [0.1, 0.15) is 0 Å². The van der Waals surface area contributed by atoms with Crippen LogP contribution >= 0.6 is 34.2 Å². The first-order valence-electron chi connectivity index (χ1n) is 3.64. The molecule has 4 nitrogen and oxygen atoms in total. The molecule has 0 aliphatic carbocycles. The molecule has 0 fully saturated rings. The number of hydrogen-bond acceptors (Lipinski definition) is 4. The molecule has 3 N–H and O–H groups in total. The number of esters is 1. The Hall–Kier alpha value is -0.530. The Bertz CT molecular complexity index is 371. The lowest BCUT2D eigenvalue weighted by Crippen LogP contribution is -2.10. The van der Waals surface area contributed by atoms with Gasteiger partial charge >= 0.3 is 5.97 Å². The van der Waals surface area contributed by atoms with Gasteiger partial charge in [-0.15, -0.1) is 0 Å². The molecule has 0 atom stereocenters. The number of carbonyl (C=O) groups is 1. The van der Waals surface area contributed by atoms with Crippen molar-refractivity contribution in [1.82, 2.24) is 0 Å². The zero-order chi connectivity index (χ0) is 10.7. The molecular weight excluding hydrogens is 318 g/mol. The number of nitrogen functional groups attached to an aromatic ring is 1. The van der Waals surface area contributed by atoms with Gasteiger partial charge in [-0.1, -0.05) is 11.6 Å². The lowest BCUT2D eigenvalue weighted by molar-refractivity contribution is 0.0601. The van der Waals surface area contributed by atoms with E-state index in [1.165, 1.54) is 7.11 Å². The predicted octanol–water partition coefficient (Wildman–Crippen LogP) is 2.02. The quantitative estimate of drug-likeness (QED) is 0.378. The van der Waals surface area contributed by atoms with Gasteiger partial charge in [0.05, 0.1) is 23.4 Å². The molecule has 76 valence electrons. The van der Waals surface area contributed by atoms with Crippen LogP contribution in [0.1, 0.15) is 10.4 Å². The first kappa shape index (κ1) is 11.5. The van der Waals surface area contributed by atoms with Gasteiger partial charge in [0.25, 0.3) is 0 Å². The Kier molecular flexibility index (Phi) is 3.97. The van der Waals surface area contributed by atoms with Gasteiger partial charge in [0.15, 0.2) is 0 Å². The van der Waals surface area contributed by atoms with Gasteiger partial charge in [-0.25, -0.2) is 4.79 Å². The molecule has 0 saturated heterocycles. The van der Waals surface area contributed by atoms with Crippen LogP contribution in [0.4, 0.5) is 5.69 Å². The number of anilines is 1. The van der Waals surface area contributed by atoms with E-state index < -0.39 is 5.97 Å². The van der Waals surface area contributed by atoms with Gasteiger partial charge < -0.3 is 10.2 Å². The van der Waals surface area contributed by atoms with Crippen LogP contribution < -0.4 is 11.3 Å². The fourth-order valence-corrected chi connectivity index (χ4v) is 1.79. The van der Waals surface area contributed by atoms with E-state index in [0.717, 1.165) is 3.57 Å². The number of hydrazine groups is 1. The Balaban J connectivity index is 3.21. The molecule has 14 heavy (non-hydrogen) atoms. The van der Waals surface area contributed by atoms with E-state index in [0.29, 0.717) is 16.3 Å². The number of carbonyl (C=O) groups excluding carboxylic acids is 1. The zero-order valence-electron chi connectivity index (χ0n) is 7.30. The minimum absolute atomic E-state index is 0.310. The SMILES string of the molecule is COC(=O)c1cc(I)c(NN)cc1Cl. The summed E-state index contributed by atoms with van der Waals surface area (Å²) in [5, 5.41) is 0.310. The fourth-order valence-electron chi connectivity index (χ4n) is 0.924. The van der Waals surface area contributed by atoms with Crippen molar-refractivity contribution in [2.24, 2.45) is 5.84 Å². The number of benzene rings is 1. The van der Waals surface area contributed by atoms with Gasteiger partial charge in [-0.2, -0.15) is 0 Å². The highest BCUT2D eigenvalue weighted by Crippen LogP contribution is 2.26. The second-order valence-corrected chi connectivity index (χ2v) is 4.02. The summed E-state index contributed by atoms with van der Waals surface area (Å²) in [5.41, 5.74) is 3.48. The molecule has 0 radical (unpaired) electrons. The highest BCUT2D eigenvalue weighted by Gasteiger charge is 2.13. The summed E-state index contributed by atoms with van der Waals surface area (Å²) in [5.74, 6) is 4.79. The summed E-state index contributed by atoms with van der Waals surface area (Å²) in [6.07, 6.45) is 0. The number of rotatable bonds is 2. The van der Waals surface area contributed by atoms with Crippen LogP contribution in [0.3, 0.4) is 0 Å². The minimum atomic E-state index is -0.462. The Morgan fingerprint density at radius 3 is 2.79 bits per heavy atom. The van der Waals surface area contributed by atoms with Crippen LogP contribution in [0.2, 0.25) is 5.02 Å². The van der Waals surface area contributed by atoms with Crippen molar-refractivity contribution < 1.29 is 9.53 Å². The smallest absolute Gasteiger partial charge is 0.339 e. The first-order valence-corrected chi connectivity index (χ1v) is 5.09. The molecule has 0 amide bonds. The maximum atomic E-state index is 11.2. The molecule has 0 unspecified atom stereocenters. The van der Waals surface area contributed by atoms with E-state index in [-0.39, 0.29) is 0 Å². The van der Waals surface area contributed by atoms with Crippen molar-refractivity contribution in [2.45, 2.75) is 0 Å². The maximum absolute atomic E-state index is 11.2. The van der Waals surface area contributed by atoms with Crippen molar-refractivity contribution in [1.29, 1.82) is 0 Å². The third kappa shape index (κ3) is 2.28. The molecule has 0 saturated carbocycles. The van der Waals surface area contributed by atoms with E-state index in [9.17, 15) is 4.79 Å². The lowest BCUT2D eigenvalue weighted by Gasteiger charge is -2.07. The van der Waals surface area contributed by atoms with E-state index in [1.54, 1.807) is 12.1 Å². The summed E-state index contributed by atoms with van der Waals surface area (Å²) in [7, 11) is 1.31. The minimum Gasteiger partial charge on any atom is -0.465 e. The van der Waals surface area contributed by atoms with E-state index in [2.05, 4.69) is 10.2 Å². The standard InChI is InChI=1S/C8H8ClIN2O2/c1-14-8(13)4-2-6(10)7(12-11)3-5(4)9/h2-3,12H,11H2,1H3. The van der Waals surface area contributed by atoms with Crippen molar-refractivity contribution in [3.05, 3.63) is 26.3 Å². The van der Waals surface area contributed by atoms with Crippen molar-refractivity contribution in [3.63, 3.8) is 0 Å². The molecule has 0 aromatic heterocycles. The number of nitrogens with two attached hydrogens (primary N) is 1. The van der Waals surface area contributed by atoms with Crippen LogP contribution in [-0.2, 0) is 4.74 Å². The third-order valence-electron chi connectivity index (χ3n) is 1.62. The van der Waals surface area contributed by atoms with Gasteiger partial charge in [0.2, 0.25) is 0 Å². The van der Waals surface area contributed by atoms with Crippen molar-refractivity contribution in [2.75, 3.05) is 12.5 Å². The van der Waals surface area contributed by atoms with Crippen molar-refractivity contribution in [3.8, 4) is 0 Å². The number of halogens is 2. The molecule has 0 bridgehead atoms. The summed E-state index contributed by atoms with van der Waals surface area (Å²) < 4.78 is 5.37. The monoisotopic (exact) mass is 326 g/mol. The fraction of sp³-hybridized carbons (Fsp3) is 0.125. The topological polar surface area (TPSA) is 64.3 Å². The number of ether oxygens (including phenoxy) is 1. The summed E-state index contributed by atoms with van der Waals surface area (Å²) in [4.78, 5) is 11.2. The summed E-state index contributed by atoms with van der Waals surface area (Å²) >= 11 is 7.90. The second-order valence-electron chi connectivity index (χ2n) is 2.45. The molecule has 1 rings (SSSR count). The highest BCUT2D eigenvalue weighted by molar-refractivity contribution is 14.1. The predicted molar refractivity (Wildman–Crippen MR) is 63.3 cm³/mol. The number of methoxy groups -OCH3 is 1. The average Bonchev–Trinajstić information content (AvgIpc) is 2.19.